The summed E-state index contributed by atoms with van der Waals surface area (Å²) < 4.78 is 5.42. The summed E-state index contributed by atoms with van der Waals surface area (Å²) in [6.45, 7) is 7.89. The van der Waals surface area contributed by atoms with Gasteiger partial charge in [0, 0.05) is 60.9 Å². The molecule has 0 radical (unpaired) electrons. The van der Waals surface area contributed by atoms with Gasteiger partial charge in [-0.15, -0.1) is 0 Å². The maximum atomic E-state index is 12.1. The summed E-state index contributed by atoms with van der Waals surface area (Å²) in [5.41, 5.74) is 3.34. The van der Waals surface area contributed by atoms with Gasteiger partial charge in [-0.25, -0.2) is 9.97 Å². The number of carbonyl (C=O) groups excluding carboxylic acids is 1. The van der Waals surface area contributed by atoms with Gasteiger partial charge in [-0.1, -0.05) is 6.92 Å². The first-order chi connectivity index (χ1) is 14.5. The lowest BCUT2D eigenvalue weighted by atomic mass is 9.77. The molecule has 0 saturated carbocycles. The van der Waals surface area contributed by atoms with Crippen LogP contribution in [0.2, 0.25) is 0 Å². The number of nitrogens with zero attached hydrogens (tertiary/aromatic N) is 4. The summed E-state index contributed by atoms with van der Waals surface area (Å²) in [5, 5.41) is 3.62. The third-order valence-electron chi connectivity index (χ3n) is 6.89. The number of piperidine rings is 1. The van der Waals surface area contributed by atoms with Crippen LogP contribution < -0.4 is 5.32 Å². The van der Waals surface area contributed by atoms with E-state index in [1.54, 1.807) is 13.1 Å². The van der Waals surface area contributed by atoms with Crippen LogP contribution >= 0.6 is 0 Å². The number of fused-ring (bicyclic) bond motifs is 2. The quantitative estimate of drug-likeness (QED) is 0.840. The van der Waals surface area contributed by atoms with E-state index in [1.807, 2.05) is 23.2 Å². The van der Waals surface area contributed by atoms with Gasteiger partial charge in [0.25, 0.3) is 0 Å². The molecule has 1 aliphatic carbocycles. The normalized spacial score (nSPS) is 24.4. The second-order valence-corrected chi connectivity index (χ2v) is 9.45. The zero-order valence-electron chi connectivity index (χ0n) is 17.8. The maximum Gasteiger partial charge on any atom is 0.219 e. The Morgan fingerprint density at radius 1 is 1.30 bits per heavy atom. The summed E-state index contributed by atoms with van der Waals surface area (Å²) in [6, 6.07) is 3.92. The number of aromatic nitrogens is 3. The maximum absolute atomic E-state index is 12.1. The first-order valence-electron chi connectivity index (χ1n) is 10.9. The molecule has 0 bridgehead atoms. The molecule has 2 aromatic rings. The molecular formula is C23H29N5O2. The highest BCUT2D eigenvalue weighted by Crippen LogP contribution is 2.46. The zero-order valence-corrected chi connectivity index (χ0v) is 17.8. The summed E-state index contributed by atoms with van der Waals surface area (Å²) in [4.78, 5) is 28.4. The Morgan fingerprint density at radius 2 is 2.17 bits per heavy atom. The van der Waals surface area contributed by atoms with Gasteiger partial charge in [0.05, 0.1) is 18.9 Å². The SMILES string of the molecule is CC(=O)N1CCCC2(CCc3c(NCC4(C)COC4)nc(-c4cccnc4)nc32)C1. The van der Waals surface area contributed by atoms with Crippen LogP contribution in [0.3, 0.4) is 0 Å². The van der Waals surface area contributed by atoms with E-state index in [0.29, 0.717) is 5.82 Å². The van der Waals surface area contributed by atoms with Crippen molar-refractivity contribution in [2.45, 2.75) is 44.9 Å². The number of likely N-dealkylation sites (tertiary alicyclic amines) is 1. The highest BCUT2D eigenvalue weighted by molar-refractivity contribution is 5.73. The van der Waals surface area contributed by atoms with Crippen molar-refractivity contribution >= 4 is 11.7 Å². The molecule has 1 unspecified atom stereocenters. The fraction of sp³-hybridized carbons (Fsp3) is 0.565. The van der Waals surface area contributed by atoms with E-state index in [2.05, 4.69) is 17.2 Å². The molecule has 30 heavy (non-hydrogen) atoms. The van der Waals surface area contributed by atoms with Crippen molar-refractivity contribution in [2.75, 3.05) is 38.2 Å². The number of nitrogens with one attached hydrogen (secondary N) is 1. The smallest absolute Gasteiger partial charge is 0.219 e. The lowest BCUT2D eigenvalue weighted by Gasteiger charge is -2.40. The molecule has 2 saturated heterocycles. The van der Waals surface area contributed by atoms with Crippen LogP contribution in [0.4, 0.5) is 5.82 Å². The number of ether oxygens (including phenoxy) is 1. The number of pyridine rings is 1. The molecule has 7 heteroatoms. The Morgan fingerprint density at radius 3 is 2.87 bits per heavy atom. The molecule has 4 heterocycles. The molecule has 3 aliphatic rings. The second-order valence-electron chi connectivity index (χ2n) is 9.45. The molecule has 1 amide bonds. The topological polar surface area (TPSA) is 80.2 Å². The average Bonchev–Trinajstić information content (AvgIpc) is 3.09. The van der Waals surface area contributed by atoms with E-state index in [0.717, 1.165) is 75.6 Å². The summed E-state index contributed by atoms with van der Waals surface area (Å²) in [5.74, 6) is 1.80. The highest BCUT2D eigenvalue weighted by atomic mass is 16.5. The number of rotatable bonds is 4. The van der Waals surface area contributed by atoms with E-state index < -0.39 is 0 Å². The first-order valence-corrected chi connectivity index (χ1v) is 10.9. The number of hydrogen-bond donors (Lipinski definition) is 1. The molecule has 1 atom stereocenters. The van der Waals surface area contributed by atoms with Gasteiger partial charge in [0.2, 0.25) is 5.91 Å². The fourth-order valence-corrected chi connectivity index (χ4v) is 5.06. The standard InChI is InChI=1S/C23H29N5O2/c1-16(29)28-10-4-7-23(13-28)8-6-18-19(23)26-20(17-5-3-9-24-11-17)27-21(18)25-12-22(2)14-30-15-22/h3,5,9,11H,4,6-8,10,12-15H2,1-2H3,(H,25,26,27). The molecule has 158 valence electrons. The largest absolute Gasteiger partial charge is 0.380 e. The van der Waals surface area contributed by atoms with Crippen molar-refractivity contribution < 1.29 is 9.53 Å². The number of anilines is 1. The fourth-order valence-electron chi connectivity index (χ4n) is 5.06. The second kappa shape index (κ2) is 7.30. The summed E-state index contributed by atoms with van der Waals surface area (Å²) in [7, 11) is 0. The van der Waals surface area contributed by atoms with Crippen molar-refractivity contribution in [3.8, 4) is 11.4 Å². The van der Waals surface area contributed by atoms with Gasteiger partial charge in [-0.2, -0.15) is 0 Å². The number of carbonyl (C=O) groups is 1. The van der Waals surface area contributed by atoms with Gasteiger partial charge in [0.1, 0.15) is 5.82 Å². The summed E-state index contributed by atoms with van der Waals surface area (Å²) >= 11 is 0. The van der Waals surface area contributed by atoms with Crippen molar-refractivity contribution in [3.05, 3.63) is 35.8 Å². The predicted molar refractivity (Wildman–Crippen MR) is 114 cm³/mol. The third kappa shape index (κ3) is 3.35. The molecular weight excluding hydrogens is 378 g/mol. The van der Waals surface area contributed by atoms with E-state index >= 15 is 0 Å². The first kappa shape index (κ1) is 19.4. The minimum atomic E-state index is -0.0704. The van der Waals surface area contributed by atoms with E-state index in [4.69, 9.17) is 14.7 Å². The van der Waals surface area contributed by atoms with E-state index in [-0.39, 0.29) is 16.7 Å². The average molecular weight is 408 g/mol. The van der Waals surface area contributed by atoms with Crippen molar-refractivity contribution in [2.24, 2.45) is 5.41 Å². The molecule has 2 aliphatic heterocycles. The van der Waals surface area contributed by atoms with Crippen LogP contribution in [0.5, 0.6) is 0 Å². The van der Waals surface area contributed by atoms with Gasteiger partial charge in [-0.3, -0.25) is 9.78 Å². The van der Waals surface area contributed by atoms with Crippen molar-refractivity contribution in [1.29, 1.82) is 0 Å². The molecule has 1 spiro atoms. The van der Waals surface area contributed by atoms with Crippen LogP contribution in [0.15, 0.2) is 24.5 Å². The Balaban J connectivity index is 1.55. The minimum Gasteiger partial charge on any atom is -0.380 e. The van der Waals surface area contributed by atoms with Crippen molar-refractivity contribution in [1.82, 2.24) is 19.9 Å². The Kier molecular flexibility index (Phi) is 4.73. The monoisotopic (exact) mass is 407 g/mol. The summed E-state index contributed by atoms with van der Waals surface area (Å²) in [6.07, 6.45) is 7.63. The van der Waals surface area contributed by atoms with Crippen LogP contribution in [0.25, 0.3) is 11.4 Å². The number of hydrogen-bond acceptors (Lipinski definition) is 6. The van der Waals surface area contributed by atoms with Crippen LogP contribution in [0.1, 0.15) is 44.4 Å². The van der Waals surface area contributed by atoms with Gasteiger partial charge < -0.3 is 15.0 Å². The van der Waals surface area contributed by atoms with E-state index in [1.165, 1.54) is 5.56 Å². The van der Waals surface area contributed by atoms with Gasteiger partial charge in [-0.05, 0) is 37.8 Å². The molecule has 2 aromatic heterocycles. The van der Waals surface area contributed by atoms with Crippen LogP contribution in [-0.4, -0.2) is 58.6 Å². The highest BCUT2D eigenvalue weighted by Gasteiger charge is 2.45. The lowest BCUT2D eigenvalue weighted by Crippen LogP contribution is -2.47. The zero-order chi connectivity index (χ0) is 20.8. The Bertz CT molecular complexity index is 960. The van der Waals surface area contributed by atoms with Crippen LogP contribution in [-0.2, 0) is 21.4 Å². The molecule has 2 fully saturated rings. The Hall–Kier alpha value is -2.54. The third-order valence-corrected chi connectivity index (χ3v) is 6.89. The van der Waals surface area contributed by atoms with Crippen molar-refractivity contribution in [3.63, 3.8) is 0 Å². The van der Waals surface area contributed by atoms with E-state index in [9.17, 15) is 4.79 Å². The molecule has 7 nitrogen and oxygen atoms in total. The predicted octanol–water partition coefficient (Wildman–Crippen LogP) is 2.81. The minimum absolute atomic E-state index is 0.0704. The molecule has 5 rings (SSSR count). The van der Waals surface area contributed by atoms with Gasteiger partial charge >= 0.3 is 0 Å². The number of amides is 1. The van der Waals surface area contributed by atoms with Gasteiger partial charge in [0.15, 0.2) is 5.82 Å². The molecule has 1 N–H and O–H groups in total. The molecule has 0 aromatic carbocycles. The Labute approximate surface area is 177 Å². The lowest BCUT2D eigenvalue weighted by molar-refractivity contribution is -0.131. The van der Waals surface area contributed by atoms with Crippen LogP contribution in [0, 0.1) is 5.41 Å².